The van der Waals surface area contributed by atoms with Crippen LogP contribution in [0.4, 0.5) is 0 Å². The predicted octanol–water partition coefficient (Wildman–Crippen LogP) is 1.29. The summed E-state index contributed by atoms with van der Waals surface area (Å²) in [6, 6.07) is 0. The summed E-state index contributed by atoms with van der Waals surface area (Å²) in [5.74, 6) is -0.789. The number of hydrogen-bond acceptors (Lipinski definition) is 5. The summed E-state index contributed by atoms with van der Waals surface area (Å²) in [6.07, 6.45) is -1.16. The fourth-order valence-corrected chi connectivity index (χ4v) is 2.32. The first-order valence-corrected chi connectivity index (χ1v) is 5.82. The summed E-state index contributed by atoms with van der Waals surface area (Å²) in [5.41, 5.74) is 0. The molecule has 1 saturated heterocycles. The van der Waals surface area contributed by atoms with E-state index in [1.807, 2.05) is 20.8 Å². The SMILES string of the molecule is CC(=O)O[C@@H]1[C@@H](C)[C@@H](OC(C)=O)C(C)O[C@H]1C. The number of carbonyl (C=O) groups is 2. The van der Waals surface area contributed by atoms with E-state index in [0.717, 1.165) is 0 Å². The smallest absolute Gasteiger partial charge is 0.303 e. The van der Waals surface area contributed by atoms with Crippen molar-refractivity contribution in [2.75, 3.05) is 0 Å². The molecule has 0 aliphatic carbocycles. The Labute approximate surface area is 101 Å². The molecule has 0 bridgehead atoms. The quantitative estimate of drug-likeness (QED) is 0.685. The van der Waals surface area contributed by atoms with Gasteiger partial charge in [-0.1, -0.05) is 6.92 Å². The Kier molecular flexibility index (Phi) is 4.51. The summed E-state index contributed by atoms with van der Waals surface area (Å²) in [7, 11) is 0. The number of ether oxygens (including phenoxy) is 3. The molecule has 1 heterocycles. The molecular weight excluding hydrogens is 224 g/mol. The molecule has 1 fully saturated rings. The van der Waals surface area contributed by atoms with Crippen LogP contribution in [0.25, 0.3) is 0 Å². The van der Waals surface area contributed by atoms with E-state index in [4.69, 9.17) is 14.2 Å². The van der Waals surface area contributed by atoms with Crippen molar-refractivity contribution < 1.29 is 23.8 Å². The molecule has 0 spiro atoms. The van der Waals surface area contributed by atoms with Crippen LogP contribution in [-0.4, -0.2) is 36.4 Å². The van der Waals surface area contributed by atoms with Gasteiger partial charge in [0.1, 0.15) is 12.2 Å². The van der Waals surface area contributed by atoms with Crippen molar-refractivity contribution in [1.29, 1.82) is 0 Å². The predicted molar refractivity (Wildman–Crippen MR) is 60.3 cm³/mol. The molecule has 5 atom stereocenters. The van der Waals surface area contributed by atoms with E-state index in [1.54, 1.807) is 0 Å². The lowest BCUT2D eigenvalue weighted by atomic mass is 9.88. The molecule has 0 aromatic rings. The molecule has 0 aromatic heterocycles. The van der Waals surface area contributed by atoms with Crippen LogP contribution in [0.1, 0.15) is 34.6 Å². The lowest BCUT2D eigenvalue weighted by molar-refractivity contribution is -0.214. The largest absolute Gasteiger partial charge is 0.459 e. The van der Waals surface area contributed by atoms with E-state index in [1.165, 1.54) is 13.8 Å². The van der Waals surface area contributed by atoms with Crippen molar-refractivity contribution in [1.82, 2.24) is 0 Å². The molecule has 1 rings (SSSR count). The van der Waals surface area contributed by atoms with Crippen LogP contribution < -0.4 is 0 Å². The van der Waals surface area contributed by atoms with Crippen molar-refractivity contribution in [3.05, 3.63) is 0 Å². The summed E-state index contributed by atoms with van der Waals surface area (Å²) in [4.78, 5) is 22.1. The Morgan fingerprint density at radius 2 is 1.24 bits per heavy atom. The van der Waals surface area contributed by atoms with Crippen molar-refractivity contribution >= 4 is 11.9 Å². The Morgan fingerprint density at radius 3 is 1.53 bits per heavy atom. The monoisotopic (exact) mass is 244 g/mol. The molecule has 1 aliphatic rings. The van der Waals surface area contributed by atoms with Gasteiger partial charge in [0, 0.05) is 19.8 Å². The number of hydrogen-bond donors (Lipinski definition) is 0. The number of carbonyl (C=O) groups excluding carboxylic acids is 2. The second kappa shape index (κ2) is 5.49. The molecule has 17 heavy (non-hydrogen) atoms. The van der Waals surface area contributed by atoms with Gasteiger partial charge in [0.05, 0.1) is 12.2 Å². The maximum atomic E-state index is 11.0. The molecular formula is C12H20O5. The summed E-state index contributed by atoms with van der Waals surface area (Å²) in [5, 5.41) is 0. The minimum absolute atomic E-state index is 0.0819. The fraction of sp³-hybridized carbons (Fsp3) is 0.833. The normalized spacial score (nSPS) is 37.4. The zero-order valence-electron chi connectivity index (χ0n) is 10.9. The second-order valence-electron chi connectivity index (χ2n) is 4.55. The van der Waals surface area contributed by atoms with E-state index >= 15 is 0 Å². The Morgan fingerprint density at radius 1 is 0.882 bits per heavy atom. The lowest BCUT2D eigenvalue weighted by Gasteiger charge is -2.42. The lowest BCUT2D eigenvalue weighted by Crippen LogP contribution is -2.53. The van der Waals surface area contributed by atoms with Gasteiger partial charge in [-0.05, 0) is 13.8 Å². The minimum atomic E-state index is -0.381. The van der Waals surface area contributed by atoms with E-state index in [2.05, 4.69) is 0 Å². The maximum Gasteiger partial charge on any atom is 0.303 e. The highest BCUT2D eigenvalue weighted by molar-refractivity contribution is 5.67. The van der Waals surface area contributed by atoms with E-state index < -0.39 is 0 Å². The van der Waals surface area contributed by atoms with Gasteiger partial charge in [0.2, 0.25) is 0 Å². The minimum Gasteiger partial charge on any atom is -0.459 e. The van der Waals surface area contributed by atoms with Gasteiger partial charge < -0.3 is 14.2 Å². The van der Waals surface area contributed by atoms with Crippen molar-refractivity contribution in [3.63, 3.8) is 0 Å². The second-order valence-corrected chi connectivity index (χ2v) is 4.55. The molecule has 0 saturated carbocycles. The first-order valence-electron chi connectivity index (χ1n) is 5.82. The first kappa shape index (κ1) is 14.0. The molecule has 5 heteroatoms. The van der Waals surface area contributed by atoms with Crippen LogP contribution in [0.5, 0.6) is 0 Å². The average molecular weight is 244 g/mol. The highest BCUT2D eigenvalue weighted by atomic mass is 16.6. The summed E-state index contributed by atoms with van der Waals surface area (Å²) in [6.45, 7) is 8.32. The summed E-state index contributed by atoms with van der Waals surface area (Å²) < 4.78 is 16.1. The molecule has 98 valence electrons. The molecule has 0 radical (unpaired) electrons. The third-order valence-electron chi connectivity index (χ3n) is 3.00. The molecule has 1 aliphatic heterocycles. The van der Waals surface area contributed by atoms with Crippen LogP contribution in [0, 0.1) is 5.92 Å². The van der Waals surface area contributed by atoms with Crippen LogP contribution in [0.2, 0.25) is 0 Å². The Hall–Kier alpha value is -1.10. The van der Waals surface area contributed by atoms with Crippen LogP contribution in [0.3, 0.4) is 0 Å². The van der Waals surface area contributed by atoms with Gasteiger partial charge in [-0.15, -0.1) is 0 Å². The van der Waals surface area contributed by atoms with E-state index in [9.17, 15) is 9.59 Å². The number of esters is 2. The van der Waals surface area contributed by atoms with E-state index in [0.29, 0.717) is 0 Å². The van der Waals surface area contributed by atoms with Crippen molar-refractivity contribution in [2.45, 2.75) is 59.0 Å². The zero-order valence-corrected chi connectivity index (χ0v) is 10.9. The standard InChI is InChI=1S/C12H20O5/c1-6-11(16-9(4)13)7(2)15-8(3)12(6)17-10(5)14/h6-8,11-12H,1-5H3/t6-,7+,8?,11-,12-/m1/s1. The third kappa shape index (κ3) is 3.43. The van der Waals surface area contributed by atoms with Crippen LogP contribution in [0.15, 0.2) is 0 Å². The molecule has 5 nitrogen and oxygen atoms in total. The molecule has 1 unspecified atom stereocenters. The van der Waals surface area contributed by atoms with Crippen molar-refractivity contribution in [3.8, 4) is 0 Å². The number of rotatable bonds is 2. The van der Waals surface area contributed by atoms with Gasteiger partial charge in [-0.25, -0.2) is 0 Å². The maximum absolute atomic E-state index is 11.0. The third-order valence-corrected chi connectivity index (χ3v) is 3.00. The van der Waals surface area contributed by atoms with Crippen LogP contribution >= 0.6 is 0 Å². The topological polar surface area (TPSA) is 61.8 Å². The highest BCUT2D eigenvalue weighted by Gasteiger charge is 2.43. The Balaban J connectivity index is 2.78. The van der Waals surface area contributed by atoms with Gasteiger partial charge in [0.15, 0.2) is 0 Å². The highest BCUT2D eigenvalue weighted by Crippen LogP contribution is 2.30. The first-order chi connectivity index (χ1) is 7.82. The Bertz CT molecular complexity index is 273. The van der Waals surface area contributed by atoms with Gasteiger partial charge in [0.25, 0.3) is 0 Å². The van der Waals surface area contributed by atoms with Gasteiger partial charge in [-0.3, -0.25) is 9.59 Å². The van der Waals surface area contributed by atoms with Gasteiger partial charge >= 0.3 is 11.9 Å². The van der Waals surface area contributed by atoms with E-state index in [-0.39, 0.29) is 42.3 Å². The summed E-state index contributed by atoms with van der Waals surface area (Å²) >= 11 is 0. The molecule has 0 N–H and O–H groups in total. The zero-order chi connectivity index (χ0) is 13.2. The average Bonchev–Trinajstić information content (AvgIpc) is 2.18. The van der Waals surface area contributed by atoms with Gasteiger partial charge in [-0.2, -0.15) is 0 Å². The molecule has 0 amide bonds. The van der Waals surface area contributed by atoms with Crippen molar-refractivity contribution in [2.24, 2.45) is 5.92 Å². The molecule has 0 aromatic carbocycles. The van der Waals surface area contributed by atoms with Crippen LogP contribution in [-0.2, 0) is 23.8 Å². The fourth-order valence-electron chi connectivity index (χ4n) is 2.32.